The number of likely N-dealkylation sites (tertiary alicyclic amines) is 1. The molecule has 114 valence electrons. The highest BCUT2D eigenvalue weighted by Gasteiger charge is 2.45. The zero-order valence-corrected chi connectivity index (χ0v) is 12.7. The summed E-state index contributed by atoms with van der Waals surface area (Å²) in [5.41, 5.74) is -0.859. The fourth-order valence-corrected chi connectivity index (χ4v) is 2.67. The molecule has 1 amide bonds. The highest BCUT2D eigenvalue weighted by molar-refractivity contribution is 5.69. The second-order valence-electron chi connectivity index (χ2n) is 6.64. The lowest BCUT2D eigenvalue weighted by atomic mass is 10.0. The lowest BCUT2D eigenvalue weighted by molar-refractivity contribution is 0.0216. The number of ether oxygens (including phenoxy) is 2. The average Bonchev–Trinajstić information content (AvgIpc) is 2.81. The Morgan fingerprint density at radius 3 is 3.10 bits per heavy atom. The van der Waals surface area contributed by atoms with Crippen LogP contribution in [0.4, 0.5) is 10.6 Å². The number of hydrogen-bond acceptors (Lipinski definition) is 5. The summed E-state index contributed by atoms with van der Waals surface area (Å²) >= 11 is 0. The van der Waals surface area contributed by atoms with E-state index in [-0.39, 0.29) is 11.7 Å². The van der Waals surface area contributed by atoms with Gasteiger partial charge in [-0.15, -0.1) is 0 Å². The summed E-state index contributed by atoms with van der Waals surface area (Å²) in [4.78, 5) is 18.1. The van der Waals surface area contributed by atoms with Crippen molar-refractivity contribution in [1.29, 1.82) is 0 Å². The first-order chi connectivity index (χ1) is 9.87. The van der Waals surface area contributed by atoms with Gasteiger partial charge < -0.3 is 19.7 Å². The standard InChI is InChI=1S/C15H21N3O3/c1-14(2,3)21-13(19)18-8-6-15(10-18)9-17-12-11(20-15)5-4-7-16-12/h4-5,7H,6,8-10H2,1-3H3,(H,16,17). The molecule has 2 aliphatic heterocycles. The van der Waals surface area contributed by atoms with Gasteiger partial charge >= 0.3 is 6.09 Å². The smallest absolute Gasteiger partial charge is 0.410 e. The minimum Gasteiger partial charge on any atom is -0.480 e. The summed E-state index contributed by atoms with van der Waals surface area (Å²) in [7, 11) is 0. The molecule has 1 spiro atoms. The summed E-state index contributed by atoms with van der Waals surface area (Å²) in [5.74, 6) is 1.51. The Hall–Kier alpha value is -1.98. The first-order valence-corrected chi connectivity index (χ1v) is 7.23. The molecule has 6 heteroatoms. The minimum absolute atomic E-state index is 0.278. The maximum absolute atomic E-state index is 12.1. The predicted molar refractivity (Wildman–Crippen MR) is 78.5 cm³/mol. The lowest BCUT2D eigenvalue weighted by Gasteiger charge is -2.35. The molecule has 1 atom stereocenters. The Bertz CT molecular complexity index is 555. The maximum atomic E-state index is 12.1. The van der Waals surface area contributed by atoms with Crippen LogP contribution >= 0.6 is 0 Å². The number of anilines is 1. The van der Waals surface area contributed by atoms with Crippen molar-refractivity contribution in [2.24, 2.45) is 0 Å². The van der Waals surface area contributed by atoms with Gasteiger partial charge in [-0.3, -0.25) is 0 Å². The number of nitrogens with one attached hydrogen (secondary N) is 1. The third kappa shape index (κ3) is 2.89. The highest BCUT2D eigenvalue weighted by atomic mass is 16.6. The quantitative estimate of drug-likeness (QED) is 0.794. The van der Waals surface area contributed by atoms with Gasteiger partial charge in [0.15, 0.2) is 11.6 Å². The van der Waals surface area contributed by atoms with E-state index in [9.17, 15) is 4.79 Å². The third-order valence-corrected chi connectivity index (χ3v) is 3.64. The molecule has 0 aliphatic carbocycles. The molecule has 0 saturated carbocycles. The van der Waals surface area contributed by atoms with Crippen LogP contribution in [0.3, 0.4) is 0 Å². The van der Waals surface area contributed by atoms with Crippen LogP contribution in [0.25, 0.3) is 0 Å². The van der Waals surface area contributed by atoms with Crippen molar-refractivity contribution in [2.45, 2.75) is 38.4 Å². The van der Waals surface area contributed by atoms with Gasteiger partial charge in [0.25, 0.3) is 0 Å². The van der Waals surface area contributed by atoms with Gasteiger partial charge in [-0.25, -0.2) is 9.78 Å². The van der Waals surface area contributed by atoms with Crippen molar-refractivity contribution in [3.63, 3.8) is 0 Å². The molecule has 1 N–H and O–H groups in total. The Morgan fingerprint density at radius 2 is 2.33 bits per heavy atom. The number of pyridine rings is 1. The van der Waals surface area contributed by atoms with Crippen molar-refractivity contribution >= 4 is 11.9 Å². The van der Waals surface area contributed by atoms with Gasteiger partial charge in [-0.2, -0.15) is 0 Å². The van der Waals surface area contributed by atoms with E-state index in [1.807, 2.05) is 32.9 Å². The number of carbonyl (C=O) groups excluding carboxylic acids is 1. The molecule has 0 radical (unpaired) electrons. The summed E-state index contributed by atoms with van der Waals surface area (Å²) in [5, 5.41) is 3.29. The van der Waals surface area contributed by atoms with Crippen LogP contribution in [0.2, 0.25) is 0 Å². The van der Waals surface area contributed by atoms with Gasteiger partial charge in [0.1, 0.15) is 11.2 Å². The second kappa shape index (κ2) is 4.79. The van der Waals surface area contributed by atoms with E-state index in [1.165, 1.54) is 0 Å². The molecule has 6 nitrogen and oxygen atoms in total. The van der Waals surface area contributed by atoms with Crippen LogP contribution in [-0.2, 0) is 4.74 Å². The van der Waals surface area contributed by atoms with Gasteiger partial charge in [-0.1, -0.05) is 0 Å². The largest absolute Gasteiger partial charge is 0.480 e. The summed E-state index contributed by atoms with van der Waals surface area (Å²) in [6.45, 7) is 7.44. The molecule has 3 heterocycles. The maximum Gasteiger partial charge on any atom is 0.410 e. The van der Waals surface area contributed by atoms with Gasteiger partial charge in [0, 0.05) is 19.2 Å². The minimum atomic E-state index is -0.477. The zero-order valence-electron chi connectivity index (χ0n) is 12.7. The fraction of sp³-hybridized carbons (Fsp3) is 0.600. The average molecular weight is 291 g/mol. The van der Waals surface area contributed by atoms with E-state index in [2.05, 4.69) is 10.3 Å². The molecule has 0 aromatic carbocycles. The molecule has 0 bridgehead atoms. The summed E-state index contributed by atoms with van der Waals surface area (Å²) in [6, 6.07) is 3.74. The molecule has 21 heavy (non-hydrogen) atoms. The number of hydrogen-bond donors (Lipinski definition) is 1. The number of rotatable bonds is 0. The van der Waals surface area contributed by atoms with Crippen molar-refractivity contribution in [2.75, 3.05) is 25.0 Å². The van der Waals surface area contributed by atoms with E-state index < -0.39 is 5.60 Å². The fourth-order valence-electron chi connectivity index (χ4n) is 2.67. The van der Waals surface area contributed by atoms with Crippen molar-refractivity contribution in [3.8, 4) is 5.75 Å². The molecule has 3 rings (SSSR count). The monoisotopic (exact) mass is 291 g/mol. The normalized spacial score (nSPS) is 24.2. The second-order valence-corrected chi connectivity index (χ2v) is 6.64. The molecule has 1 aromatic heterocycles. The van der Waals surface area contributed by atoms with Gasteiger partial charge in [-0.05, 0) is 32.9 Å². The van der Waals surface area contributed by atoms with E-state index in [0.717, 1.165) is 18.0 Å². The van der Waals surface area contributed by atoms with Crippen molar-refractivity contribution < 1.29 is 14.3 Å². The predicted octanol–water partition coefficient (Wildman–Crippen LogP) is 2.27. The SMILES string of the molecule is CC(C)(C)OC(=O)N1CCC2(CNc3ncccc3O2)C1. The first kappa shape index (κ1) is 14.0. The number of aromatic nitrogens is 1. The number of nitrogens with zero attached hydrogens (tertiary/aromatic N) is 2. The summed E-state index contributed by atoms with van der Waals surface area (Å²) in [6.07, 6.45) is 2.24. The van der Waals surface area contributed by atoms with Crippen molar-refractivity contribution in [1.82, 2.24) is 9.88 Å². The zero-order chi connectivity index (χ0) is 15.1. The summed E-state index contributed by atoms with van der Waals surface area (Å²) < 4.78 is 11.5. The van der Waals surface area contributed by atoms with Crippen LogP contribution in [0, 0.1) is 0 Å². The Labute approximate surface area is 124 Å². The Morgan fingerprint density at radius 1 is 1.52 bits per heavy atom. The molecule has 1 unspecified atom stereocenters. The van der Waals surface area contributed by atoms with E-state index in [0.29, 0.717) is 19.6 Å². The van der Waals surface area contributed by atoms with E-state index >= 15 is 0 Å². The topological polar surface area (TPSA) is 63.7 Å². The molecule has 1 fully saturated rings. The van der Waals surface area contributed by atoms with Gasteiger partial charge in [0.05, 0.1) is 13.1 Å². The third-order valence-electron chi connectivity index (χ3n) is 3.64. The molecule has 2 aliphatic rings. The molecule has 1 aromatic rings. The molecular formula is C15H21N3O3. The highest BCUT2D eigenvalue weighted by Crippen LogP contribution is 2.36. The van der Waals surface area contributed by atoms with Gasteiger partial charge in [0.2, 0.25) is 0 Å². The van der Waals surface area contributed by atoms with Crippen LogP contribution in [-0.4, -0.2) is 46.8 Å². The van der Waals surface area contributed by atoms with E-state index in [4.69, 9.17) is 9.47 Å². The van der Waals surface area contributed by atoms with Crippen LogP contribution < -0.4 is 10.1 Å². The van der Waals surface area contributed by atoms with Crippen molar-refractivity contribution in [3.05, 3.63) is 18.3 Å². The Kier molecular flexibility index (Phi) is 3.19. The lowest BCUT2D eigenvalue weighted by Crippen LogP contribution is -2.49. The number of amides is 1. The van der Waals surface area contributed by atoms with Crippen LogP contribution in [0.15, 0.2) is 18.3 Å². The first-order valence-electron chi connectivity index (χ1n) is 7.23. The molecule has 1 saturated heterocycles. The number of fused-ring (bicyclic) bond motifs is 1. The number of carbonyl (C=O) groups is 1. The van der Waals surface area contributed by atoms with Crippen LogP contribution in [0.1, 0.15) is 27.2 Å². The molecular weight excluding hydrogens is 270 g/mol. The van der Waals surface area contributed by atoms with E-state index in [1.54, 1.807) is 11.1 Å². The Balaban J connectivity index is 1.69. The van der Waals surface area contributed by atoms with Crippen LogP contribution in [0.5, 0.6) is 5.75 Å².